The molecule has 22 heteroatoms. The zero-order chi connectivity index (χ0) is 40.3. The van der Waals surface area contributed by atoms with Crippen LogP contribution in [0.2, 0.25) is 10.5 Å². The fraction of sp³-hybridized carbons (Fsp3) is 0.0968. The predicted molar refractivity (Wildman–Crippen MR) is 143 cm³/mol. The zero-order valence-corrected chi connectivity index (χ0v) is 27.1. The van der Waals surface area contributed by atoms with E-state index in [9.17, 15) is 52.7 Å². The molecule has 0 spiro atoms. The molecule has 0 atom stereocenters. The quantitative estimate of drug-likeness (QED) is 0.0822. The van der Waals surface area contributed by atoms with Crippen LogP contribution in [-0.4, -0.2) is 6.15 Å². The van der Waals surface area contributed by atoms with Crippen molar-refractivity contribution in [2.75, 3.05) is 0 Å². The van der Waals surface area contributed by atoms with Gasteiger partial charge in [-0.2, -0.15) is 0 Å². The molecule has 0 nitrogen and oxygen atoms in total. The minimum absolute atomic E-state index is 0.657. The van der Waals surface area contributed by atoms with Gasteiger partial charge in [-0.25, -0.2) is 87.8 Å². The van der Waals surface area contributed by atoms with Gasteiger partial charge in [0.05, 0.1) is 0 Å². The van der Waals surface area contributed by atoms with E-state index in [0.717, 1.165) is 0 Å². The van der Waals surface area contributed by atoms with Gasteiger partial charge in [0.25, 0.3) is 0 Å². The van der Waals surface area contributed by atoms with Crippen LogP contribution in [0, 0.1) is 116 Å². The predicted octanol–water partition coefficient (Wildman–Crippen LogP) is 8.39. The van der Waals surface area contributed by atoms with Crippen LogP contribution in [0.5, 0.6) is 0 Å². The molecule has 0 unspecified atom stereocenters. The van der Waals surface area contributed by atoms with Crippen LogP contribution in [0.25, 0.3) is 0 Å². The second-order valence-electron chi connectivity index (χ2n) is 11.1. The fourth-order valence-electron chi connectivity index (χ4n) is 5.69. The Hall–Kier alpha value is -4.26. The molecule has 0 bridgehead atoms. The summed E-state index contributed by atoms with van der Waals surface area (Å²) in [6, 6.07) is 0. The summed E-state index contributed by atoms with van der Waals surface area (Å²) < 4.78 is 296. The van der Waals surface area contributed by atoms with E-state index in [0.29, 0.717) is 0 Å². The van der Waals surface area contributed by atoms with Crippen molar-refractivity contribution in [1.29, 1.82) is 0 Å². The Balaban J connectivity index is 0.000000692. The van der Waals surface area contributed by atoms with Crippen molar-refractivity contribution in [2.24, 2.45) is 0 Å². The molecule has 282 valence electrons. The van der Waals surface area contributed by atoms with E-state index in [1.807, 2.05) is 0 Å². The van der Waals surface area contributed by atoms with Gasteiger partial charge in [0.1, 0.15) is 52.7 Å². The number of hydrogen-bond donors (Lipinski definition) is 0. The molecule has 0 saturated carbocycles. The average Bonchev–Trinajstić information content (AvgIpc) is 3.68. The number of halogens is 20. The van der Waals surface area contributed by atoms with Crippen LogP contribution in [0.15, 0.2) is 22.1 Å². The Kier molecular flexibility index (Phi) is 11.6. The van der Waals surface area contributed by atoms with Gasteiger partial charge in [-0.15, -0.1) is 21.9 Å². The molecular formula is C31H11BF20Ti. The molecule has 0 fully saturated rings. The Morgan fingerprint density at radius 2 is 0.528 bits per heavy atom. The number of hydrogen-bond acceptors (Lipinski definition) is 0. The second-order valence-corrected chi connectivity index (χ2v) is 15.3. The Bertz CT molecular complexity index is 1860. The summed E-state index contributed by atoms with van der Waals surface area (Å²) in [7, 11) is 0. The summed E-state index contributed by atoms with van der Waals surface area (Å²) in [5.41, 5.74) is -14.3. The van der Waals surface area contributed by atoms with E-state index in [-0.39, 0.29) is 0 Å². The summed E-state index contributed by atoms with van der Waals surface area (Å²) in [5.74, 6) is -71.4. The van der Waals surface area contributed by atoms with Crippen LogP contribution < -0.4 is 21.9 Å². The van der Waals surface area contributed by atoms with Gasteiger partial charge in [0.15, 0.2) is 69.8 Å². The van der Waals surface area contributed by atoms with E-state index in [2.05, 4.69) is 28.7 Å². The summed E-state index contributed by atoms with van der Waals surface area (Å²) in [5, 5.41) is 4.80. The Morgan fingerprint density at radius 3 is 0.660 bits per heavy atom. The third kappa shape index (κ3) is 6.22. The van der Waals surface area contributed by atoms with Crippen molar-refractivity contribution >= 4 is 28.0 Å². The van der Waals surface area contributed by atoms with Crippen molar-refractivity contribution in [3.63, 3.8) is 0 Å². The SMILES string of the molecule is Fc1c(F)c(F)c([B-](c2c(F)c(F)c(F)c(F)c2F)(c2c(F)c(F)c(F)c(F)c2F)c2c(F)c(F)c(F)c(F)c2F)c(F)c1F.[CH3][Ti+]([CH3])[C]1=CC=CC1. The van der Waals surface area contributed by atoms with Crippen LogP contribution in [-0.2, 0) is 17.9 Å². The third-order valence-corrected chi connectivity index (χ3v) is 10.7. The van der Waals surface area contributed by atoms with Crippen molar-refractivity contribution in [2.45, 2.75) is 16.9 Å². The van der Waals surface area contributed by atoms with Gasteiger partial charge < -0.3 is 0 Å². The first-order valence-corrected chi connectivity index (χ1v) is 17.8. The summed E-state index contributed by atoms with van der Waals surface area (Å²) in [6.07, 6.45) is 0.744. The summed E-state index contributed by atoms with van der Waals surface area (Å²) >= 11 is -0.657. The molecule has 0 aliphatic heterocycles. The molecule has 5 rings (SSSR count). The topological polar surface area (TPSA) is 0 Å². The van der Waals surface area contributed by atoms with Crippen LogP contribution in [0.4, 0.5) is 87.8 Å². The standard InChI is InChI=1S/C24BF20.C5H5.2CH3.Ti/c26-5-1(6(27)14(35)21(42)13(5)34)25(2-7(28)15(36)22(43)16(37)8(2)29,3-9(30)17(38)23(44)18(39)10(3)31)4-11(32)19(40)24(45)20(41)12(4)33;1-2-4-5-3-1;;;/h;1-3H,4H2;2*1H3;/q-1;;;;+1. The maximum atomic E-state index is 15.4. The molecular weight excluding hydrogens is 811 g/mol. The van der Waals surface area contributed by atoms with E-state index in [1.54, 1.807) is 3.88 Å². The van der Waals surface area contributed by atoms with Crippen molar-refractivity contribution in [1.82, 2.24) is 0 Å². The Morgan fingerprint density at radius 1 is 0.340 bits per heavy atom. The molecule has 0 saturated heterocycles. The normalized spacial score (nSPS) is 12.7. The van der Waals surface area contributed by atoms with E-state index in [4.69, 9.17) is 0 Å². The molecule has 0 radical (unpaired) electrons. The first-order valence-electron chi connectivity index (χ1n) is 13.9. The summed E-state index contributed by atoms with van der Waals surface area (Å²) in [6.45, 7) is 0. The number of benzene rings is 4. The van der Waals surface area contributed by atoms with E-state index < -0.39 is 162 Å². The first kappa shape index (κ1) is 41.5. The zero-order valence-electron chi connectivity index (χ0n) is 25.6. The molecule has 0 heterocycles. The van der Waals surface area contributed by atoms with Crippen molar-refractivity contribution in [3.8, 4) is 0 Å². The second kappa shape index (κ2) is 14.9. The monoisotopic (exact) mass is 822 g/mol. The minimum atomic E-state index is -7.22. The van der Waals surface area contributed by atoms with Gasteiger partial charge in [0, 0.05) is 0 Å². The van der Waals surface area contributed by atoms with Crippen molar-refractivity contribution in [3.05, 3.63) is 138 Å². The molecule has 0 N–H and O–H groups in total. The van der Waals surface area contributed by atoms with Crippen LogP contribution in [0.3, 0.4) is 0 Å². The molecule has 0 amide bonds. The first-order chi connectivity index (χ1) is 24.5. The van der Waals surface area contributed by atoms with Gasteiger partial charge in [0.2, 0.25) is 0 Å². The van der Waals surface area contributed by atoms with Crippen molar-refractivity contribution < 1.29 is 106 Å². The van der Waals surface area contributed by atoms with Gasteiger partial charge >= 0.3 is 56.9 Å². The van der Waals surface area contributed by atoms with Crippen LogP contribution in [0.1, 0.15) is 6.42 Å². The van der Waals surface area contributed by atoms with Gasteiger partial charge in [-0.05, 0) is 0 Å². The molecule has 53 heavy (non-hydrogen) atoms. The van der Waals surface area contributed by atoms with Gasteiger partial charge in [-0.3, -0.25) is 0 Å². The Labute approximate surface area is 288 Å². The number of rotatable bonds is 5. The molecule has 4 aromatic carbocycles. The van der Waals surface area contributed by atoms with Gasteiger partial charge in [-0.1, -0.05) is 0 Å². The average molecular weight is 822 g/mol. The van der Waals surface area contributed by atoms with Crippen LogP contribution >= 0.6 is 0 Å². The molecule has 0 aromatic heterocycles. The summed E-state index contributed by atoms with van der Waals surface area (Å²) in [4.78, 5) is 0. The molecule has 4 aromatic rings. The number of allylic oxidation sites excluding steroid dienone is 4. The third-order valence-electron chi connectivity index (χ3n) is 8.12. The van der Waals surface area contributed by atoms with E-state index in [1.165, 1.54) is 6.42 Å². The maximum absolute atomic E-state index is 15.4. The van der Waals surface area contributed by atoms with E-state index >= 15 is 35.1 Å². The fourth-order valence-corrected chi connectivity index (χ4v) is 7.18. The molecule has 1 aliphatic rings. The molecule has 1 aliphatic carbocycles.